The number of nitrogens with one attached hydrogen (secondary N) is 2. The Morgan fingerprint density at radius 3 is 2.24 bits per heavy atom. The second kappa shape index (κ2) is 9.10. The van der Waals surface area contributed by atoms with Crippen molar-refractivity contribution in [3.05, 3.63) is 59.7 Å². The van der Waals surface area contributed by atoms with Gasteiger partial charge >= 0.3 is 6.18 Å². The number of hydrogen-bond acceptors (Lipinski definition) is 3. The van der Waals surface area contributed by atoms with Crippen LogP contribution in [0.15, 0.2) is 48.5 Å². The SMILES string of the molecule is N#C[C@H](Cc1ccc(-c2ccc(C(F)(F)F)cc2)cc1)NC(=O)[C@@H]1CCCCN1. The Labute approximate surface area is 167 Å². The Balaban J connectivity index is 1.61. The molecule has 7 heteroatoms. The molecule has 0 saturated carbocycles. The third kappa shape index (κ3) is 5.58. The molecule has 1 amide bonds. The van der Waals surface area contributed by atoms with E-state index in [1.807, 2.05) is 12.1 Å². The molecular weight excluding hydrogens is 379 g/mol. The second-order valence-electron chi connectivity index (χ2n) is 7.17. The molecule has 1 aliphatic heterocycles. The number of carbonyl (C=O) groups is 1. The van der Waals surface area contributed by atoms with E-state index in [0.717, 1.165) is 49.1 Å². The summed E-state index contributed by atoms with van der Waals surface area (Å²) in [7, 11) is 0. The molecule has 2 aromatic carbocycles. The molecule has 0 spiro atoms. The maximum absolute atomic E-state index is 12.7. The lowest BCUT2D eigenvalue weighted by Gasteiger charge is -2.23. The molecule has 2 N–H and O–H groups in total. The highest BCUT2D eigenvalue weighted by Gasteiger charge is 2.30. The van der Waals surface area contributed by atoms with Gasteiger partial charge in [-0.3, -0.25) is 4.79 Å². The molecule has 0 aromatic heterocycles. The maximum Gasteiger partial charge on any atom is 0.416 e. The summed E-state index contributed by atoms with van der Waals surface area (Å²) in [6.45, 7) is 0.806. The first kappa shape index (κ1) is 20.9. The van der Waals surface area contributed by atoms with Gasteiger partial charge in [0, 0.05) is 6.42 Å². The fraction of sp³-hybridized carbons (Fsp3) is 0.364. The number of hydrogen-bond donors (Lipinski definition) is 2. The van der Waals surface area contributed by atoms with Gasteiger partial charge in [-0.1, -0.05) is 42.8 Å². The molecule has 0 unspecified atom stereocenters. The van der Waals surface area contributed by atoms with E-state index in [9.17, 15) is 23.2 Å². The molecule has 0 bridgehead atoms. The second-order valence-corrected chi connectivity index (χ2v) is 7.17. The number of amides is 1. The molecule has 1 fully saturated rings. The third-order valence-electron chi connectivity index (χ3n) is 5.04. The topological polar surface area (TPSA) is 64.9 Å². The number of benzene rings is 2. The Morgan fingerprint density at radius 1 is 1.10 bits per heavy atom. The van der Waals surface area contributed by atoms with Crippen molar-refractivity contribution in [1.29, 1.82) is 5.26 Å². The smallest absolute Gasteiger partial charge is 0.339 e. The van der Waals surface area contributed by atoms with Crippen LogP contribution in [0, 0.1) is 11.3 Å². The summed E-state index contributed by atoms with van der Waals surface area (Å²) >= 11 is 0. The number of carbonyl (C=O) groups excluding carboxylic acids is 1. The number of piperidine rings is 1. The molecule has 1 saturated heterocycles. The Kier molecular flexibility index (Phi) is 6.55. The molecule has 1 aliphatic rings. The van der Waals surface area contributed by atoms with Gasteiger partial charge in [-0.25, -0.2) is 0 Å². The van der Waals surface area contributed by atoms with Crippen LogP contribution < -0.4 is 10.6 Å². The molecule has 2 aromatic rings. The quantitative estimate of drug-likeness (QED) is 0.794. The van der Waals surface area contributed by atoms with Gasteiger partial charge in [0.25, 0.3) is 0 Å². The van der Waals surface area contributed by atoms with Crippen molar-refractivity contribution < 1.29 is 18.0 Å². The van der Waals surface area contributed by atoms with Gasteiger partial charge in [0.15, 0.2) is 0 Å². The lowest BCUT2D eigenvalue weighted by Crippen LogP contribution is -2.49. The van der Waals surface area contributed by atoms with Crippen LogP contribution in [-0.2, 0) is 17.4 Å². The molecular formula is C22H22F3N3O. The monoisotopic (exact) mass is 401 g/mol. The molecule has 152 valence electrons. The van der Waals surface area contributed by atoms with Crippen molar-refractivity contribution >= 4 is 5.91 Å². The van der Waals surface area contributed by atoms with Gasteiger partial charge in [-0.05, 0) is 48.2 Å². The van der Waals surface area contributed by atoms with Gasteiger partial charge in [0.2, 0.25) is 5.91 Å². The number of nitrogens with zero attached hydrogens (tertiary/aromatic N) is 1. The van der Waals surface area contributed by atoms with Crippen LogP contribution in [0.4, 0.5) is 13.2 Å². The first-order chi connectivity index (χ1) is 13.9. The van der Waals surface area contributed by atoms with E-state index < -0.39 is 17.8 Å². The van der Waals surface area contributed by atoms with Crippen molar-refractivity contribution in [3.63, 3.8) is 0 Å². The van der Waals surface area contributed by atoms with Crippen LogP contribution in [0.2, 0.25) is 0 Å². The minimum Gasteiger partial charge on any atom is -0.339 e. The molecule has 4 nitrogen and oxygen atoms in total. The van der Waals surface area contributed by atoms with Crippen molar-refractivity contribution in [2.75, 3.05) is 6.54 Å². The number of rotatable bonds is 5. The average molecular weight is 401 g/mol. The highest BCUT2D eigenvalue weighted by Crippen LogP contribution is 2.31. The van der Waals surface area contributed by atoms with Crippen molar-refractivity contribution in [3.8, 4) is 17.2 Å². The zero-order valence-corrected chi connectivity index (χ0v) is 15.8. The molecule has 1 heterocycles. The zero-order valence-electron chi connectivity index (χ0n) is 15.8. The number of halogens is 3. The fourth-order valence-electron chi connectivity index (χ4n) is 3.40. The first-order valence-electron chi connectivity index (χ1n) is 9.57. The van der Waals surface area contributed by atoms with Gasteiger partial charge in [0.1, 0.15) is 6.04 Å². The minimum absolute atomic E-state index is 0.155. The van der Waals surface area contributed by atoms with Crippen LogP contribution >= 0.6 is 0 Å². The lowest BCUT2D eigenvalue weighted by atomic mass is 9.99. The zero-order chi connectivity index (χ0) is 20.9. The summed E-state index contributed by atoms with van der Waals surface area (Å²) in [6, 6.07) is 13.5. The summed E-state index contributed by atoms with van der Waals surface area (Å²) in [6.07, 6.45) is -1.18. The maximum atomic E-state index is 12.7. The highest BCUT2D eigenvalue weighted by atomic mass is 19.4. The summed E-state index contributed by atoms with van der Waals surface area (Å²) in [5.41, 5.74) is 1.64. The van der Waals surface area contributed by atoms with E-state index in [4.69, 9.17) is 0 Å². The van der Waals surface area contributed by atoms with Gasteiger partial charge in [-0.2, -0.15) is 18.4 Å². The largest absolute Gasteiger partial charge is 0.416 e. The molecule has 2 atom stereocenters. The molecule has 29 heavy (non-hydrogen) atoms. The predicted octanol–water partition coefficient (Wildman–Crippen LogP) is 4.07. The van der Waals surface area contributed by atoms with Crippen molar-refractivity contribution in [2.45, 2.75) is 43.9 Å². The van der Waals surface area contributed by atoms with Gasteiger partial charge < -0.3 is 10.6 Å². The summed E-state index contributed by atoms with van der Waals surface area (Å²) in [4.78, 5) is 12.3. The third-order valence-corrected chi connectivity index (χ3v) is 5.04. The van der Waals surface area contributed by atoms with Crippen LogP contribution in [0.1, 0.15) is 30.4 Å². The number of alkyl halides is 3. The minimum atomic E-state index is -4.35. The van der Waals surface area contributed by atoms with Crippen molar-refractivity contribution in [2.24, 2.45) is 0 Å². The fourth-order valence-corrected chi connectivity index (χ4v) is 3.40. The van der Waals surface area contributed by atoms with Crippen LogP contribution in [0.3, 0.4) is 0 Å². The Hall–Kier alpha value is -2.85. The Bertz CT molecular complexity index is 864. The van der Waals surface area contributed by atoms with Crippen LogP contribution in [0.25, 0.3) is 11.1 Å². The average Bonchev–Trinajstić information content (AvgIpc) is 2.74. The summed E-state index contributed by atoms with van der Waals surface area (Å²) < 4.78 is 38.0. The first-order valence-corrected chi connectivity index (χ1v) is 9.57. The summed E-state index contributed by atoms with van der Waals surface area (Å²) in [5.74, 6) is -0.155. The summed E-state index contributed by atoms with van der Waals surface area (Å²) in [5, 5.41) is 15.3. The number of nitriles is 1. The predicted molar refractivity (Wildman–Crippen MR) is 104 cm³/mol. The van der Waals surface area contributed by atoms with E-state index in [2.05, 4.69) is 16.7 Å². The van der Waals surface area contributed by atoms with E-state index in [1.54, 1.807) is 12.1 Å². The van der Waals surface area contributed by atoms with E-state index >= 15 is 0 Å². The van der Waals surface area contributed by atoms with Crippen molar-refractivity contribution in [1.82, 2.24) is 10.6 Å². The van der Waals surface area contributed by atoms with Crippen LogP contribution in [0.5, 0.6) is 0 Å². The van der Waals surface area contributed by atoms with Gasteiger partial charge in [-0.15, -0.1) is 0 Å². The molecule has 3 rings (SSSR count). The normalized spacial score (nSPS) is 17.9. The molecule has 0 radical (unpaired) electrons. The van der Waals surface area contributed by atoms with E-state index in [-0.39, 0.29) is 11.9 Å². The van der Waals surface area contributed by atoms with Gasteiger partial charge in [0.05, 0.1) is 17.7 Å². The standard InChI is InChI=1S/C22H22F3N3O/c23-22(24,25)18-10-8-17(9-11-18)16-6-4-15(5-7-16)13-19(14-26)28-21(29)20-3-1-2-12-27-20/h4-11,19-20,27H,1-3,12-13H2,(H,28,29)/t19-,20-/m0/s1. The molecule has 0 aliphatic carbocycles. The van der Waals surface area contributed by atoms with E-state index in [0.29, 0.717) is 12.0 Å². The van der Waals surface area contributed by atoms with E-state index in [1.165, 1.54) is 12.1 Å². The van der Waals surface area contributed by atoms with Crippen LogP contribution in [-0.4, -0.2) is 24.5 Å². The lowest BCUT2D eigenvalue weighted by molar-refractivity contribution is -0.137. The Morgan fingerprint density at radius 2 is 1.72 bits per heavy atom. The highest BCUT2D eigenvalue weighted by molar-refractivity contribution is 5.82.